The van der Waals surface area contributed by atoms with Crippen LogP contribution < -0.4 is 19.5 Å². The third kappa shape index (κ3) is 4.91. The van der Waals surface area contributed by atoms with Gasteiger partial charge in [0, 0.05) is 6.42 Å². The monoisotopic (exact) mass is 355 g/mol. The molecule has 138 valence electrons. The second-order valence-electron chi connectivity index (χ2n) is 6.45. The first-order valence-corrected chi connectivity index (χ1v) is 8.97. The summed E-state index contributed by atoms with van der Waals surface area (Å²) >= 11 is 0. The minimum Gasteiger partial charge on any atom is -0.491 e. The Kier molecular flexibility index (Phi) is 6.00. The lowest BCUT2D eigenvalue weighted by atomic mass is 10.1. The average molecular weight is 355 g/mol. The molecule has 0 aliphatic carbocycles. The van der Waals surface area contributed by atoms with E-state index in [1.54, 1.807) is 0 Å². The summed E-state index contributed by atoms with van der Waals surface area (Å²) in [5, 5.41) is 2.90. The number of aryl methyl sites for hydroxylation is 3. The lowest BCUT2D eigenvalue weighted by molar-refractivity contribution is -0.121. The maximum Gasteiger partial charge on any atom is 0.220 e. The van der Waals surface area contributed by atoms with Gasteiger partial charge in [0.1, 0.15) is 25.6 Å². The molecule has 0 radical (unpaired) electrons. The number of carbonyl (C=O) groups excluding carboxylic acids is 1. The fourth-order valence-corrected chi connectivity index (χ4v) is 2.90. The molecule has 0 spiro atoms. The van der Waals surface area contributed by atoms with Gasteiger partial charge in [0.05, 0.1) is 6.54 Å². The Morgan fingerprint density at radius 1 is 1.08 bits per heavy atom. The van der Waals surface area contributed by atoms with Crippen molar-refractivity contribution < 1.29 is 19.0 Å². The molecule has 1 aliphatic heterocycles. The SMILES string of the molecule is Cc1ccc(OCCNC(=O)CCc2ccc3c(c2)OCCO3)c(C)c1. The Labute approximate surface area is 154 Å². The molecule has 0 saturated heterocycles. The Hall–Kier alpha value is -2.69. The number of benzene rings is 2. The molecule has 1 heterocycles. The van der Waals surface area contributed by atoms with Gasteiger partial charge in [-0.2, -0.15) is 0 Å². The van der Waals surface area contributed by atoms with E-state index < -0.39 is 0 Å². The molecule has 0 aromatic heterocycles. The highest BCUT2D eigenvalue weighted by Crippen LogP contribution is 2.31. The minimum atomic E-state index is 0.0177. The lowest BCUT2D eigenvalue weighted by Crippen LogP contribution is -2.28. The van der Waals surface area contributed by atoms with Crippen LogP contribution in [0.3, 0.4) is 0 Å². The van der Waals surface area contributed by atoms with E-state index in [1.165, 1.54) is 5.56 Å². The third-order valence-electron chi connectivity index (χ3n) is 4.26. The third-order valence-corrected chi connectivity index (χ3v) is 4.26. The van der Waals surface area contributed by atoms with Gasteiger partial charge in [0.25, 0.3) is 0 Å². The van der Waals surface area contributed by atoms with Gasteiger partial charge in [0.15, 0.2) is 11.5 Å². The summed E-state index contributed by atoms with van der Waals surface area (Å²) in [4.78, 5) is 12.0. The predicted molar refractivity (Wildman–Crippen MR) is 100 cm³/mol. The predicted octanol–water partition coefficient (Wildman–Crippen LogP) is 3.20. The molecule has 1 N–H and O–H groups in total. The summed E-state index contributed by atoms with van der Waals surface area (Å²) in [6.45, 7) is 6.18. The number of rotatable bonds is 7. The van der Waals surface area contributed by atoms with Crippen molar-refractivity contribution in [3.05, 3.63) is 53.1 Å². The van der Waals surface area contributed by atoms with E-state index in [0.29, 0.717) is 39.2 Å². The van der Waals surface area contributed by atoms with Crippen LogP contribution in [0.2, 0.25) is 0 Å². The Morgan fingerprint density at radius 2 is 1.88 bits per heavy atom. The molecule has 5 heteroatoms. The van der Waals surface area contributed by atoms with Crippen molar-refractivity contribution in [2.24, 2.45) is 0 Å². The van der Waals surface area contributed by atoms with E-state index in [4.69, 9.17) is 14.2 Å². The van der Waals surface area contributed by atoms with Gasteiger partial charge in [-0.15, -0.1) is 0 Å². The van der Waals surface area contributed by atoms with Crippen LogP contribution in [0, 0.1) is 13.8 Å². The van der Waals surface area contributed by atoms with E-state index in [9.17, 15) is 4.79 Å². The normalized spacial score (nSPS) is 12.5. The second kappa shape index (κ2) is 8.61. The molecule has 3 rings (SSSR count). The van der Waals surface area contributed by atoms with Gasteiger partial charge >= 0.3 is 0 Å². The number of ether oxygens (including phenoxy) is 3. The number of hydrogen-bond donors (Lipinski definition) is 1. The van der Waals surface area contributed by atoms with Crippen molar-refractivity contribution in [1.29, 1.82) is 0 Å². The van der Waals surface area contributed by atoms with Gasteiger partial charge in [-0.25, -0.2) is 0 Å². The van der Waals surface area contributed by atoms with Crippen LogP contribution in [-0.4, -0.2) is 32.3 Å². The van der Waals surface area contributed by atoms with Gasteiger partial charge in [-0.05, 0) is 49.6 Å². The van der Waals surface area contributed by atoms with Crippen LogP contribution in [0.4, 0.5) is 0 Å². The molecule has 2 aromatic carbocycles. The van der Waals surface area contributed by atoms with Gasteiger partial charge < -0.3 is 19.5 Å². The van der Waals surface area contributed by atoms with Crippen LogP contribution in [0.1, 0.15) is 23.1 Å². The number of hydrogen-bond acceptors (Lipinski definition) is 4. The Balaban J connectivity index is 1.38. The first-order valence-electron chi connectivity index (χ1n) is 8.97. The Morgan fingerprint density at radius 3 is 2.69 bits per heavy atom. The number of nitrogens with one attached hydrogen (secondary N) is 1. The molecule has 0 unspecified atom stereocenters. The summed E-state index contributed by atoms with van der Waals surface area (Å²) < 4.78 is 16.8. The van der Waals surface area contributed by atoms with Crippen molar-refractivity contribution in [2.45, 2.75) is 26.7 Å². The highest BCUT2D eigenvalue weighted by atomic mass is 16.6. The zero-order valence-electron chi connectivity index (χ0n) is 15.3. The summed E-state index contributed by atoms with van der Waals surface area (Å²) in [7, 11) is 0. The standard InChI is InChI=1S/C21H25NO4/c1-15-3-6-18(16(2)13-15)24-10-9-22-21(23)8-5-17-4-7-19-20(14-17)26-12-11-25-19/h3-4,6-7,13-14H,5,8-12H2,1-2H3,(H,22,23). The summed E-state index contributed by atoms with van der Waals surface area (Å²) in [6.07, 6.45) is 1.10. The summed E-state index contributed by atoms with van der Waals surface area (Å²) in [5.41, 5.74) is 3.38. The van der Waals surface area contributed by atoms with Crippen LogP contribution in [0.25, 0.3) is 0 Å². The van der Waals surface area contributed by atoms with Gasteiger partial charge in [-0.3, -0.25) is 4.79 Å². The van der Waals surface area contributed by atoms with Crippen LogP contribution in [0.15, 0.2) is 36.4 Å². The molecular formula is C21H25NO4. The van der Waals surface area contributed by atoms with Crippen LogP contribution >= 0.6 is 0 Å². The smallest absolute Gasteiger partial charge is 0.220 e. The van der Waals surface area contributed by atoms with E-state index in [0.717, 1.165) is 28.4 Å². The van der Waals surface area contributed by atoms with Gasteiger partial charge in [0.2, 0.25) is 5.91 Å². The maximum absolute atomic E-state index is 12.0. The maximum atomic E-state index is 12.0. The molecule has 0 fully saturated rings. The van der Waals surface area contributed by atoms with Crippen molar-refractivity contribution in [1.82, 2.24) is 5.32 Å². The van der Waals surface area contributed by atoms with E-state index >= 15 is 0 Å². The van der Waals surface area contributed by atoms with Crippen LogP contribution in [0.5, 0.6) is 17.2 Å². The lowest BCUT2D eigenvalue weighted by Gasteiger charge is -2.18. The summed E-state index contributed by atoms with van der Waals surface area (Å²) in [6, 6.07) is 11.9. The Bertz CT molecular complexity index is 773. The molecule has 26 heavy (non-hydrogen) atoms. The largest absolute Gasteiger partial charge is 0.491 e. The van der Waals surface area contributed by atoms with E-state index in [2.05, 4.69) is 18.3 Å². The molecule has 1 amide bonds. The van der Waals surface area contributed by atoms with Crippen molar-refractivity contribution in [3.63, 3.8) is 0 Å². The average Bonchev–Trinajstić information content (AvgIpc) is 2.65. The van der Waals surface area contributed by atoms with Crippen molar-refractivity contribution in [3.8, 4) is 17.2 Å². The molecule has 5 nitrogen and oxygen atoms in total. The number of amides is 1. The molecule has 0 bridgehead atoms. The minimum absolute atomic E-state index is 0.0177. The zero-order valence-corrected chi connectivity index (χ0v) is 15.3. The number of carbonyl (C=O) groups is 1. The number of fused-ring (bicyclic) bond motifs is 1. The molecule has 0 saturated carbocycles. The molecular weight excluding hydrogens is 330 g/mol. The first-order chi connectivity index (χ1) is 12.6. The molecule has 0 atom stereocenters. The van der Waals surface area contributed by atoms with Crippen LogP contribution in [-0.2, 0) is 11.2 Å². The summed E-state index contributed by atoms with van der Waals surface area (Å²) in [5.74, 6) is 2.41. The highest BCUT2D eigenvalue weighted by molar-refractivity contribution is 5.76. The van der Waals surface area contributed by atoms with E-state index in [1.807, 2.05) is 37.3 Å². The van der Waals surface area contributed by atoms with Gasteiger partial charge in [-0.1, -0.05) is 23.8 Å². The molecule has 1 aliphatic rings. The fraction of sp³-hybridized carbons (Fsp3) is 0.381. The topological polar surface area (TPSA) is 56.8 Å². The molecule has 2 aromatic rings. The van der Waals surface area contributed by atoms with Crippen molar-refractivity contribution >= 4 is 5.91 Å². The van der Waals surface area contributed by atoms with E-state index in [-0.39, 0.29) is 5.91 Å². The first kappa shape index (κ1) is 18.1. The highest BCUT2D eigenvalue weighted by Gasteiger charge is 2.12. The fourth-order valence-electron chi connectivity index (χ4n) is 2.90. The van der Waals surface area contributed by atoms with Crippen molar-refractivity contribution in [2.75, 3.05) is 26.4 Å². The second-order valence-corrected chi connectivity index (χ2v) is 6.45. The zero-order chi connectivity index (χ0) is 18.4. The quantitative estimate of drug-likeness (QED) is 0.775.